The number of anilines is 1. The molecule has 0 saturated heterocycles. The molecule has 1 aliphatic rings. The summed E-state index contributed by atoms with van der Waals surface area (Å²) < 4.78 is 4.91. The first kappa shape index (κ1) is 18.0. The summed E-state index contributed by atoms with van der Waals surface area (Å²) in [5.74, 6) is 1.62. The van der Waals surface area contributed by atoms with Crippen molar-refractivity contribution in [2.45, 2.75) is 51.0 Å². The molecule has 0 aromatic carbocycles. The van der Waals surface area contributed by atoms with Crippen molar-refractivity contribution in [3.8, 4) is 0 Å². The van der Waals surface area contributed by atoms with Gasteiger partial charge < -0.3 is 20.3 Å². The lowest BCUT2D eigenvalue weighted by atomic mass is 9.96. The first-order chi connectivity index (χ1) is 12.5. The topological polar surface area (TPSA) is 133 Å². The van der Waals surface area contributed by atoms with Crippen molar-refractivity contribution in [3.05, 3.63) is 29.8 Å². The summed E-state index contributed by atoms with van der Waals surface area (Å²) in [5, 5.41) is 24.8. The van der Waals surface area contributed by atoms with Crippen LogP contribution in [0.1, 0.15) is 50.0 Å². The van der Waals surface area contributed by atoms with E-state index in [0.717, 1.165) is 31.4 Å². The molecule has 9 heteroatoms. The molecular formula is C17H23N5O4. The van der Waals surface area contributed by atoms with Crippen LogP contribution in [0.15, 0.2) is 22.9 Å². The highest BCUT2D eigenvalue weighted by atomic mass is 16.5. The third-order valence-electron chi connectivity index (χ3n) is 4.73. The van der Waals surface area contributed by atoms with Crippen molar-refractivity contribution in [1.82, 2.24) is 20.7 Å². The second-order valence-electron chi connectivity index (χ2n) is 6.87. The van der Waals surface area contributed by atoms with Crippen LogP contribution in [0.5, 0.6) is 0 Å². The maximum Gasteiger partial charge on any atom is 0.404 e. The van der Waals surface area contributed by atoms with E-state index in [1.807, 2.05) is 13.0 Å². The van der Waals surface area contributed by atoms with Crippen LogP contribution >= 0.6 is 0 Å². The van der Waals surface area contributed by atoms with Gasteiger partial charge in [-0.1, -0.05) is 5.16 Å². The second-order valence-corrected chi connectivity index (χ2v) is 6.87. The van der Waals surface area contributed by atoms with Gasteiger partial charge in [-0.15, -0.1) is 0 Å². The van der Waals surface area contributed by atoms with Gasteiger partial charge in [0.2, 0.25) is 5.91 Å². The Labute approximate surface area is 150 Å². The Hall–Kier alpha value is -2.84. The lowest BCUT2D eigenvalue weighted by Gasteiger charge is -2.16. The van der Waals surface area contributed by atoms with Crippen LogP contribution in [0.4, 0.5) is 10.6 Å². The third-order valence-corrected chi connectivity index (χ3v) is 4.73. The number of rotatable bonds is 7. The number of carbonyl (C=O) groups is 2. The lowest BCUT2D eigenvalue weighted by Crippen LogP contribution is -2.32. The van der Waals surface area contributed by atoms with Gasteiger partial charge in [0.1, 0.15) is 5.76 Å². The van der Waals surface area contributed by atoms with E-state index in [1.54, 1.807) is 6.07 Å². The third kappa shape index (κ3) is 4.84. The van der Waals surface area contributed by atoms with Gasteiger partial charge in [-0.2, -0.15) is 5.10 Å². The molecule has 26 heavy (non-hydrogen) atoms. The molecule has 140 valence electrons. The van der Waals surface area contributed by atoms with E-state index in [-0.39, 0.29) is 18.4 Å². The Morgan fingerprint density at radius 1 is 1.46 bits per heavy atom. The quantitative estimate of drug-likeness (QED) is 0.599. The number of aromatic amines is 1. The molecule has 2 aromatic rings. The first-order valence-electron chi connectivity index (χ1n) is 8.73. The molecule has 0 radical (unpaired) electrons. The van der Waals surface area contributed by atoms with E-state index < -0.39 is 6.09 Å². The number of nitrogens with one attached hydrogen (secondary N) is 3. The molecule has 1 fully saturated rings. The maximum atomic E-state index is 12.0. The zero-order chi connectivity index (χ0) is 18.5. The van der Waals surface area contributed by atoms with Crippen LogP contribution in [-0.4, -0.2) is 38.5 Å². The fourth-order valence-corrected chi connectivity index (χ4v) is 3.63. The average molecular weight is 361 g/mol. The molecule has 2 aromatic heterocycles. The standard InChI is InChI=1S/C17H23N5O4/c1-10(19-17(24)25)6-11-2-3-12(7-11)14-9-15(22-21-14)20-16(23)8-13-4-5-18-26-13/h4-5,9-12,19H,2-3,6-8H2,1H3,(H,24,25)(H2,20,21,22,23)/t10?,11-,12-/m1/s1. The molecule has 1 saturated carbocycles. The molecule has 9 nitrogen and oxygen atoms in total. The molecule has 0 bridgehead atoms. The summed E-state index contributed by atoms with van der Waals surface area (Å²) in [7, 11) is 0. The summed E-state index contributed by atoms with van der Waals surface area (Å²) >= 11 is 0. The summed E-state index contributed by atoms with van der Waals surface area (Å²) in [4.78, 5) is 22.7. The highest BCUT2D eigenvalue weighted by Gasteiger charge is 2.28. The van der Waals surface area contributed by atoms with E-state index in [2.05, 4.69) is 26.0 Å². The van der Waals surface area contributed by atoms with Crippen molar-refractivity contribution in [2.24, 2.45) is 5.92 Å². The van der Waals surface area contributed by atoms with Gasteiger partial charge in [0.15, 0.2) is 5.82 Å². The van der Waals surface area contributed by atoms with Gasteiger partial charge in [0.05, 0.1) is 12.6 Å². The zero-order valence-corrected chi connectivity index (χ0v) is 14.6. The summed E-state index contributed by atoms with van der Waals surface area (Å²) in [6, 6.07) is 3.46. The van der Waals surface area contributed by atoms with Crippen molar-refractivity contribution in [2.75, 3.05) is 5.32 Å². The molecule has 4 N–H and O–H groups in total. The Balaban J connectivity index is 1.49. The molecule has 1 unspecified atom stereocenters. The van der Waals surface area contributed by atoms with Gasteiger partial charge >= 0.3 is 6.09 Å². The maximum absolute atomic E-state index is 12.0. The molecule has 0 spiro atoms. The van der Waals surface area contributed by atoms with E-state index in [0.29, 0.717) is 23.4 Å². The number of nitrogens with zero attached hydrogens (tertiary/aromatic N) is 2. The van der Waals surface area contributed by atoms with E-state index >= 15 is 0 Å². The number of hydrogen-bond acceptors (Lipinski definition) is 5. The van der Waals surface area contributed by atoms with Crippen LogP contribution in [-0.2, 0) is 11.2 Å². The van der Waals surface area contributed by atoms with E-state index in [1.165, 1.54) is 6.20 Å². The van der Waals surface area contributed by atoms with Crippen LogP contribution in [0.3, 0.4) is 0 Å². The minimum absolute atomic E-state index is 0.0519. The van der Waals surface area contributed by atoms with E-state index in [4.69, 9.17) is 9.63 Å². The fourth-order valence-electron chi connectivity index (χ4n) is 3.63. The molecule has 3 rings (SSSR count). The number of hydrogen-bond donors (Lipinski definition) is 4. The summed E-state index contributed by atoms with van der Waals surface area (Å²) in [6.45, 7) is 1.89. The number of aromatic nitrogens is 3. The zero-order valence-electron chi connectivity index (χ0n) is 14.6. The van der Waals surface area contributed by atoms with Crippen LogP contribution in [0, 0.1) is 5.92 Å². The van der Waals surface area contributed by atoms with Gasteiger partial charge in [-0.05, 0) is 38.5 Å². The molecule has 0 aliphatic heterocycles. The molecular weight excluding hydrogens is 338 g/mol. The molecule has 2 heterocycles. The number of amides is 2. The highest BCUT2D eigenvalue weighted by Crippen LogP contribution is 2.40. The second kappa shape index (κ2) is 8.03. The predicted molar refractivity (Wildman–Crippen MR) is 92.7 cm³/mol. The minimum Gasteiger partial charge on any atom is -0.465 e. The number of carboxylic acid groups (broad SMARTS) is 1. The van der Waals surface area contributed by atoms with Crippen molar-refractivity contribution >= 4 is 17.8 Å². The Morgan fingerprint density at radius 3 is 3.04 bits per heavy atom. The molecule has 1 aliphatic carbocycles. The van der Waals surface area contributed by atoms with Crippen molar-refractivity contribution in [3.63, 3.8) is 0 Å². The Bertz CT molecular complexity index is 742. The summed E-state index contributed by atoms with van der Waals surface area (Å²) in [5.41, 5.74) is 1.00. The van der Waals surface area contributed by atoms with Gasteiger partial charge in [0, 0.05) is 29.8 Å². The van der Waals surface area contributed by atoms with Crippen LogP contribution < -0.4 is 10.6 Å². The average Bonchev–Trinajstić information content (AvgIpc) is 3.27. The van der Waals surface area contributed by atoms with Crippen LogP contribution in [0.2, 0.25) is 0 Å². The van der Waals surface area contributed by atoms with Gasteiger partial charge in [0.25, 0.3) is 0 Å². The molecule has 3 atom stereocenters. The number of carbonyl (C=O) groups excluding carboxylic acids is 1. The number of H-pyrrole nitrogens is 1. The van der Waals surface area contributed by atoms with E-state index in [9.17, 15) is 9.59 Å². The Morgan fingerprint density at radius 2 is 2.31 bits per heavy atom. The SMILES string of the molecule is CC(C[C@H]1CC[C@@H](c2cc(NC(=O)Cc3ccno3)n[nH]2)C1)NC(=O)O. The highest BCUT2D eigenvalue weighted by molar-refractivity contribution is 5.91. The predicted octanol–water partition coefficient (Wildman–Crippen LogP) is 2.51. The monoisotopic (exact) mass is 361 g/mol. The van der Waals surface area contributed by atoms with Crippen molar-refractivity contribution < 1.29 is 19.2 Å². The minimum atomic E-state index is -0.980. The van der Waals surface area contributed by atoms with Gasteiger partial charge in [-0.3, -0.25) is 9.89 Å². The Kier molecular flexibility index (Phi) is 5.55. The largest absolute Gasteiger partial charge is 0.465 e. The first-order valence-corrected chi connectivity index (χ1v) is 8.73. The smallest absolute Gasteiger partial charge is 0.404 e. The summed E-state index contributed by atoms with van der Waals surface area (Å²) in [6.07, 6.45) is 4.53. The normalized spacial score (nSPS) is 20.7. The lowest BCUT2D eigenvalue weighted by molar-refractivity contribution is -0.115. The molecule has 2 amide bonds. The van der Waals surface area contributed by atoms with Gasteiger partial charge in [-0.25, -0.2) is 4.79 Å². The fraction of sp³-hybridized carbons (Fsp3) is 0.529. The van der Waals surface area contributed by atoms with Crippen molar-refractivity contribution in [1.29, 1.82) is 0 Å². The van der Waals surface area contributed by atoms with Crippen LogP contribution in [0.25, 0.3) is 0 Å².